The van der Waals surface area contributed by atoms with Gasteiger partial charge >= 0.3 is 0 Å². The Morgan fingerprint density at radius 1 is 1.05 bits per heavy atom. The number of hydrogen-bond acceptors (Lipinski definition) is 3. The largest absolute Gasteiger partial charge is 0.380 e. The number of methoxy groups -OCH3 is 1. The third-order valence-corrected chi connectivity index (χ3v) is 4.02. The van der Waals surface area contributed by atoms with E-state index in [1.54, 1.807) is 18.9 Å². The molecule has 0 aromatic heterocycles. The lowest BCUT2D eigenvalue weighted by Crippen LogP contribution is -2.25. The number of carbonyl (C=O) groups is 1. The van der Waals surface area contributed by atoms with E-state index < -0.39 is 0 Å². The van der Waals surface area contributed by atoms with Crippen LogP contribution in [0.1, 0.15) is 11.1 Å². The quantitative estimate of drug-likeness (QED) is 0.798. The summed E-state index contributed by atoms with van der Waals surface area (Å²) in [5.74, 6) is 0.465. The van der Waals surface area contributed by atoms with E-state index >= 15 is 0 Å². The predicted octanol–water partition coefficient (Wildman–Crippen LogP) is 3.24. The van der Waals surface area contributed by atoms with Crippen molar-refractivity contribution in [1.29, 1.82) is 0 Å². The van der Waals surface area contributed by atoms with Gasteiger partial charge in [0, 0.05) is 18.6 Å². The molecule has 21 heavy (non-hydrogen) atoms. The van der Waals surface area contributed by atoms with Crippen molar-refractivity contribution in [2.24, 2.45) is 0 Å². The Morgan fingerprint density at radius 2 is 1.71 bits per heavy atom. The summed E-state index contributed by atoms with van der Waals surface area (Å²) < 4.78 is 5.16. The summed E-state index contributed by atoms with van der Waals surface area (Å²) in [6.07, 6.45) is 0. The van der Waals surface area contributed by atoms with Crippen LogP contribution in [0.15, 0.2) is 59.5 Å². The van der Waals surface area contributed by atoms with Gasteiger partial charge in [-0.2, -0.15) is 0 Å². The van der Waals surface area contributed by atoms with Crippen LogP contribution in [0.4, 0.5) is 0 Å². The summed E-state index contributed by atoms with van der Waals surface area (Å²) in [6.45, 7) is 1.10. The van der Waals surface area contributed by atoms with Gasteiger partial charge in [0.15, 0.2) is 0 Å². The maximum atomic E-state index is 11.9. The molecule has 0 saturated carbocycles. The van der Waals surface area contributed by atoms with Gasteiger partial charge in [-0.3, -0.25) is 4.79 Å². The van der Waals surface area contributed by atoms with Crippen molar-refractivity contribution in [2.75, 3.05) is 12.9 Å². The number of amides is 1. The van der Waals surface area contributed by atoms with Crippen LogP contribution < -0.4 is 5.32 Å². The third-order valence-electron chi connectivity index (χ3n) is 3.01. The molecule has 0 bridgehead atoms. The zero-order valence-corrected chi connectivity index (χ0v) is 12.9. The molecule has 1 N–H and O–H groups in total. The van der Waals surface area contributed by atoms with E-state index in [1.165, 1.54) is 0 Å². The molecule has 0 aliphatic rings. The molecule has 0 spiro atoms. The molecule has 0 unspecified atom stereocenters. The number of carbonyl (C=O) groups excluding carboxylic acids is 1. The van der Waals surface area contributed by atoms with Gasteiger partial charge in [-0.15, -0.1) is 11.8 Å². The van der Waals surface area contributed by atoms with Crippen LogP contribution in [0.3, 0.4) is 0 Å². The summed E-state index contributed by atoms with van der Waals surface area (Å²) in [7, 11) is 1.67. The molecule has 0 heterocycles. The number of hydrogen-bond donors (Lipinski definition) is 1. The van der Waals surface area contributed by atoms with E-state index in [9.17, 15) is 4.79 Å². The van der Waals surface area contributed by atoms with E-state index in [-0.39, 0.29) is 5.91 Å². The summed E-state index contributed by atoms with van der Waals surface area (Å²) in [6, 6.07) is 17.9. The maximum Gasteiger partial charge on any atom is 0.230 e. The molecular formula is C17H19NO2S. The standard InChI is InChI=1S/C17H19NO2S/c1-20-12-15-8-6-5-7-14(15)11-18-17(19)13-21-16-9-3-2-4-10-16/h2-10H,11-13H2,1H3,(H,18,19). The molecule has 2 aromatic carbocycles. The first-order chi connectivity index (χ1) is 10.3. The third kappa shape index (κ3) is 5.25. The molecule has 4 heteroatoms. The summed E-state index contributed by atoms with van der Waals surface area (Å²) in [5.41, 5.74) is 2.20. The van der Waals surface area contributed by atoms with Gasteiger partial charge in [0.25, 0.3) is 0 Å². The second-order valence-electron chi connectivity index (χ2n) is 4.58. The Kier molecular flexibility index (Phi) is 6.31. The fourth-order valence-corrected chi connectivity index (χ4v) is 2.69. The molecule has 3 nitrogen and oxygen atoms in total. The average molecular weight is 301 g/mol. The van der Waals surface area contributed by atoms with Gasteiger partial charge in [0.2, 0.25) is 5.91 Å². The average Bonchev–Trinajstić information content (AvgIpc) is 2.53. The van der Waals surface area contributed by atoms with Gasteiger partial charge < -0.3 is 10.1 Å². The van der Waals surface area contributed by atoms with Crippen molar-refractivity contribution in [2.45, 2.75) is 18.0 Å². The van der Waals surface area contributed by atoms with Gasteiger partial charge in [0.05, 0.1) is 12.4 Å². The van der Waals surface area contributed by atoms with Crippen molar-refractivity contribution < 1.29 is 9.53 Å². The zero-order chi connectivity index (χ0) is 14.9. The van der Waals surface area contributed by atoms with Crippen LogP contribution in [0, 0.1) is 0 Å². The lowest BCUT2D eigenvalue weighted by atomic mass is 10.1. The van der Waals surface area contributed by atoms with Crippen LogP contribution in [-0.4, -0.2) is 18.8 Å². The van der Waals surface area contributed by atoms with Crippen molar-refractivity contribution >= 4 is 17.7 Å². The molecule has 2 rings (SSSR count). The van der Waals surface area contributed by atoms with Crippen LogP contribution in [-0.2, 0) is 22.7 Å². The predicted molar refractivity (Wildman–Crippen MR) is 86.2 cm³/mol. The Balaban J connectivity index is 1.81. The highest BCUT2D eigenvalue weighted by molar-refractivity contribution is 8.00. The van der Waals surface area contributed by atoms with Gasteiger partial charge in [-0.05, 0) is 23.3 Å². The second-order valence-corrected chi connectivity index (χ2v) is 5.63. The molecule has 110 valence electrons. The highest BCUT2D eigenvalue weighted by Crippen LogP contribution is 2.16. The Hall–Kier alpha value is -1.78. The van der Waals surface area contributed by atoms with E-state index in [0.29, 0.717) is 18.9 Å². The number of benzene rings is 2. The molecular weight excluding hydrogens is 282 g/mol. The molecule has 0 atom stereocenters. The van der Waals surface area contributed by atoms with Crippen LogP contribution in [0.25, 0.3) is 0 Å². The number of thioether (sulfide) groups is 1. The second kappa shape index (κ2) is 8.49. The SMILES string of the molecule is COCc1ccccc1CNC(=O)CSc1ccccc1. The molecule has 0 radical (unpaired) electrons. The maximum absolute atomic E-state index is 11.9. The summed E-state index contributed by atoms with van der Waals surface area (Å²) >= 11 is 1.54. The van der Waals surface area contributed by atoms with Crippen molar-refractivity contribution in [3.05, 3.63) is 65.7 Å². The minimum absolute atomic E-state index is 0.0380. The Morgan fingerprint density at radius 3 is 2.43 bits per heavy atom. The Labute approximate surface area is 129 Å². The highest BCUT2D eigenvalue weighted by Gasteiger charge is 2.05. The smallest absolute Gasteiger partial charge is 0.230 e. The zero-order valence-electron chi connectivity index (χ0n) is 12.0. The summed E-state index contributed by atoms with van der Waals surface area (Å²) in [4.78, 5) is 13.0. The monoisotopic (exact) mass is 301 g/mol. The molecule has 2 aromatic rings. The first-order valence-corrected chi connectivity index (χ1v) is 7.78. The minimum atomic E-state index is 0.0380. The molecule has 0 aliphatic heterocycles. The number of ether oxygens (including phenoxy) is 1. The van der Waals surface area contributed by atoms with E-state index in [0.717, 1.165) is 16.0 Å². The van der Waals surface area contributed by atoms with E-state index in [2.05, 4.69) is 5.32 Å². The lowest BCUT2D eigenvalue weighted by molar-refractivity contribution is -0.118. The van der Waals surface area contributed by atoms with Gasteiger partial charge in [0.1, 0.15) is 0 Å². The van der Waals surface area contributed by atoms with Crippen LogP contribution in [0.2, 0.25) is 0 Å². The first kappa shape index (κ1) is 15.6. The molecule has 1 amide bonds. The van der Waals surface area contributed by atoms with Gasteiger partial charge in [-0.25, -0.2) is 0 Å². The fraction of sp³-hybridized carbons (Fsp3) is 0.235. The Bertz CT molecular complexity index is 572. The lowest BCUT2D eigenvalue weighted by Gasteiger charge is -2.10. The fourth-order valence-electron chi connectivity index (χ4n) is 1.94. The van der Waals surface area contributed by atoms with Crippen LogP contribution >= 0.6 is 11.8 Å². The molecule has 0 aliphatic carbocycles. The number of rotatable bonds is 7. The highest BCUT2D eigenvalue weighted by atomic mass is 32.2. The van der Waals surface area contributed by atoms with E-state index in [4.69, 9.17) is 4.74 Å². The molecule has 0 saturated heterocycles. The topological polar surface area (TPSA) is 38.3 Å². The number of nitrogens with one attached hydrogen (secondary N) is 1. The first-order valence-electron chi connectivity index (χ1n) is 6.80. The van der Waals surface area contributed by atoms with Crippen molar-refractivity contribution in [3.8, 4) is 0 Å². The van der Waals surface area contributed by atoms with Crippen molar-refractivity contribution in [3.63, 3.8) is 0 Å². The minimum Gasteiger partial charge on any atom is -0.380 e. The van der Waals surface area contributed by atoms with Crippen molar-refractivity contribution in [1.82, 2.24) is 5.32 Å². The van der Waals surface area contributed by atoms with Gasteiger partial charge in [-0.1, -0.05) is 42.5 Å². The summed E-state index contributed by atoms with van der Waals surface area (Å²) in [5, 5.41) is 2.95. The van der Waals surface area contributed by atoms with E-state index in [1.807, 2.05) is 54.6 Å². The molecule has 0 fully saturated rings. The normalized spacial score (nSPS) is 10.3. The van der Waals surface area contributed by atoms with Crippen LogP contribution in [0.5, 0.6) is 0 Å².